The van der Waals surface area contributed by atoms with Crippen LogP contribution >= 0.6 is 0 Å². The normalized spacial score (nSPS) is 17.6. The standard InChI is InChI=1S/C13H26N2O/c1-4-15(12-5-6-12)13(16)8-11(9-14)7-10(2)3/h10-12H,4-9,14H2,1-3H3. The van der Waals surface area contributed by atoms with Gasteiger partial charge in [-0.1, -0.05) is 13.8 Å². The molecule has 1 rings (SSSR count). The van der Waals surface area contributed by atoms with Crippen molar-refractivity contribution in [1.29, 1.82) is 0 Å². The lowest BCUT2D eigenvalue weighted by Crippen LogP contribution is -2.35. The summed E-state index contributed by atoms with van der Waals surface area (Å²) < 4.78 is 0. The summed E-state index contributed by atoms with van der Waals surface area (Å²) in [5, 5.41) is 0. The molecule has 0 bridgehead atoms. The first-order valence-corrected chi connectivity index (χ1v) is 6.58. The van der Waals surface area contributed by atoms with E-state index in [9.17, 15) is 4.79 Å². The maximum absolute atomic E-state index is 12.1. The van der Waals surface area contributed by atoms with E-state index in [1.807, 2.05) is 4.90 Å². The van der Waals surface area contributed by atoms with Crippen LogP contribution in [-0.4, -0.2) is 29.9 Å². The van der Waals surface area contributed by atoms with Gasteiger partial charge in [-0.05, 0) is 44.6 Å². The van der Waals surface area contributed by atoms with Gasteiger partial charge in [-0.25, -0.2) is 0 Å². The van der Waals surface area contributed by atoms with Crippen molar-refractivity contribution in [3.63, 3.8) is 0 Å². The van der Waals surface area contributed by atoms with E-state index in [0.29, 0.717) is 36.8 Å². The molecule has 16 heavy (non-hydrogen) atoms. The summed E-state index contributed by atoms with van der Waals surface area (Å²) in [6.07, 6.45) is 4.08. The van der Waals surface area contributed by atoms with Gasteiger partial charge in [0.05, 0.1) is 0 Å². The Balaban J connectivity index is 2.40. The van der Waals surface area contributed by atoms with Crippen molar-refractivity contribution >= 4 is 5.91 Å². The molecule has 1 atom stereocenters. The lowest BCUT2D eigenvalue weighted by Gasteiger charge is -2.24. The maximum atomic E-state index is 12.1. The van der Waals surface area contributed by atoms with Gasteiger partial charge in [-0.3, -0.25) is 4.79 Å². The van der Waals surface area contributed by atoms with Crippen LogP contribution in [-0.2, 0) is 4.79 Å². The van der Waals surface area contributed by atoms with E-state index >= 15 is 0 Å². The Morgan fingerprint density at radius 1 is 1.44 bits per heavy atom. The van der Waals surface area contributed by atoms with Crippen molar-refractivity contribution < 1.29 is 4.79 Å². The van der Waals surface area contributed by atoms with E-state index < -0.39 is 0 Å². The average Bonchev–Trinajstić information content (AvgIpc) is 3.01. The third-order valence-corrected chi connectivity index (χ3v) is 3.25. The minimum absolute atomic E-state index is 0.307. The number of nitrogens with zero attached hydrogens (tertiary/aromatic N) is 1. The molecule has 0 aromatic rings. The molecule has 0 radical (unpaired) electrons. The lowest BCUT2D eigenvalue weighted by atomic mass is 9.94. The highest BCUT2D eigenvalue weighted by Crippen LogP contribution is 2.28. The third kappa shape index (κ3) is 4.12. The Labute approximate surface area is 99.4 Å². The van der Waals surface area contributed by atoms with Crippen LogP contribution in [0.15, 0.2) is 0 Å². The number of hydrogen-bond donors (Lipinski definition) is 1. The highest BCUT2D eigenvalue weighted by atomic mass is 16.2. The first-order valence-electron chi connectivity index (χ1n) is 6.58. The Kier molecular flexibility index (Phi) is 5.26. The zero-order valence-corrected chi connectivity index (χ0v) is 10.9. The van der Waals surface area contributed by atoms with Gasteiger partial charge in [0.1, 0.15) is 0 Å². The molecule has 1 unspecified atom stereocenters. The number of hydrogen-bond acceptors (Lipinski definition) is 2. The fourth-order valence-electron chi connectivity index (χ4n) is 2.32. The van der Waals surface area contributed by atoms with E-state index in [4.69, 9.17) is 5.73 Å². The molecule has 0 aromatic heterocycles. The van der Waals surface area contributed by atoms with Gasteiger partial charge < -0.3 is 10.6 Å². The lowest BCUT2D eigenvalue weighted by molar-refractivity contribution is -0.132. The van der Waals surface area contributed by atoms with Crippen LogP contribution in [0.3, 0.4) is 0 Å². The summed E-state index contributed by atoms with van der Waals surface area (Å²) in [6, 6.07) is 0.537. The predicted molar refractivity (Wildman–Crippen MR) is 67.0 cm³/mol. The second-order valence-electron chi connectivity index (χ2n) is 5.35. The highest BCUT2D eigenvalue weighted by Gasteiger charge is 2.31. The zero-order valence-electron chi connectivity index (χ0n) is 10.9. The highest BCUT2D eigenvalue weighted by molar-refractivity contribution is 5.77. The van der Waals surface area contributed by atoms with Crippen molar-refractivity contribution in [3.05, 3.63) is 0 Å². The van der Waals surface area contributed by atoms with Gasteiger partial charge in [0.25, 0.3) is 0 Å². The van der Waals surface area contributed by atoms with Crippen molar-refractivity contribution in [3.8, 4) is 0 Å². The van der Waals surface area contributed by atoms with E-state index in [0.717, 1.165) is 13.0 Å². The molecule has 0 spiro atoms. The molecule has 1 aliphatic carbocycles. The van der Waals surface area contributed by atoms with Crippen LogP contribution in [0.5, 0.6) is 0 Å². The molecule has 3 heteroatoms. The molecule has 1 saturated carbocycles. The second kappa shape index (κ2) is 6.24. The molecule has 0 aliphatic heterocycles. The minimum Gasteiger partial charge on any atom is -0.340 e. The Morgan fingerprint density at radius 2 is 2.06 bits per heavy atom. The Bertz CT molecular complexity index is 224. The monoisotopic (exact) mass is 226 g/mol. The van der Waals surface area contributed by atoms with Gasteiger partial charge in [0.15, 0.2) is 0 Å². The molecular formula is C13H26N2O. The zero-order chi connectivity index (χ0) is 12.1. The summed E-state index contributed by atoms with van der Waals surface area (Å²) in [5.74, 6) is 1.29. The molecule has 0 saturated heterocycles. The molecule has 1 fully saturated rings. The fraction of sp³-hybridized carbons (Fsp3) is 0.923. The summed E-state index contributed by atoms with van der Waals surface area (Å²) in [6.45, 7) is 7.92. The molecule has 0 aromatic carbocycles. The summed E-state index contributed by atoms with van der Waals surface area (Å²) in [7, 11) is 0. The van der Waals surface area contributed by atoms with Gasteiger partial charge in [-0.2, -0.15) is 0 Å². The van der Waals surface area contributed by atoms with Crippen molar-refractivity contribution in [1.82, 2.24) is 4.90 Å². The van der Waals surface area contributed by atoms with Crippen LogP contribution in [0.2, 0.25) is 0 Å². The first-order chi connectivity index (χ1) is 7.58. The minimum atomic E-state index is 0.307. The molecule has 3 nitrogen and oxygen atoms in total. The van der Waals surface area contributed by atoms with Crippen LogP contribution in [0.25, 0.3) is 0 Å². The molecule has 2 N–H and O–H groups in total. The van der Waals surface area contributed by atoms with E-state index in [1.165, 1.54) is 12.8 Å². The molecular weight excluding hydrogens is 200 g/mol. The third-order valence-electron chi connectivity index (χ3n) is 3.25. The number of carbonyl (C=O) groups is 1. The van der Waals surface area contributed by atoms with Crippen LogP contribution in [0.4, 0.5) is 0 Å². The van der Waals surface area contributed by atoms with Crippen molar-refractivity contribution in [2.45, 2.75) is 52.5 Å². The summed E-state index contributed by atoms with van der Waals surface area (Å²) in [5.41, 5.74) is 5.73. The quantitative estimate of drug-likeness (QED) is 0.722. The first kappa shape index (κ1) is 13.5. The SMILES string of the molecule is CCN(C(=O)CC(CN)CC(C)C)C1CC1. The Hall–Kier alpha value is -0.570. The molecule has 0 heterocycles. The predicted octanol–water partition coefficient (Wildman–Crippen LogP) is 2.01. The number of nitrogens with two attached hydrogens (primary N) is 1. The van der Waals surface area contributed by atoms with Crippen molar-refractivity contribution in [2.75, 3.05) is 13.1 Å². The Morgan fingerprint density at radius 3 is 2.44 bits per heavy atom. The summed E-state index contributed by atoms with van der Waals surface area (Å²) >= 11 is 0. The molecule has 1 amide bonds. The smallest absolute Gasteiger partial charge is 0.223 e. The van der Waals surface area contributed by atoms with E-state index in [-0.39, 0.29) is 0 Å². The van der Waals surface area contributed by atoms with Crippen LogP contribution in [0, 0.1) is 11.8 Å². The number of amides is 1. The second-order valence-corrected chi connectivity index (χ2v) is 5.35. The van der Waals surface area contributed by atoms with Crippen molar-refractivity contribution in [2.24, 2.45) is 17.6 Å². The fourth-order valence-corrected chi connectivity index (χ4v) is 2.32. The number of carbonyl (C=O) groups excluding carboxylic acids is 1. The van der Waals surface area contributed by atoms with Gasteiger partial charge in [-0.15, -0.1) is 0 Å². The maximum Gasteiger partial charge on any atom is 0.223 e. The average molecular weight is 226 g/mol. The van der Waals surface area contributed by atoms with Gasteiger partial charge in [0.2, 0.25) is 5.91 Å². The van der Waals surface area contributed by atoms with E-state index in [1.54, 1.807) is 0 Å². The van der Waals surface area contributed by atoms with Gasteiger partial charge in [0, 0.05) is 19.0 Å². The molecule has 1 aliphatic rings. The van der Waals surface area contributed by atoms with Crippen LogP contribution < -0.4 is 5.73 Å². The largest absolute Gasteiger partial charge is 0.340 e. The summed E-state index contributed by atoms with van der Waals surface area (Å²) in [4.78, 5) is 14.1. The number of rotatable bonds is 7. The van der Waals surface area contributed by atoms with E-state index in [2.05, 4.69) is 20.8 Å². The van der Waals surface area contributed by atoms with Crippen LogP contribution in [0.1, 0.15) is 46.5 Å². The topological polar surface area (TPSA) is 46.3 Å². The van der Waals surface area contributed by atoms with Gasteiger partial charge >= 0.3 is 0 Å². The molecule has 94 valence electrons.